The number of pyridine rings is 1. The number of nitrogens with zero attached hydrogens (tertiary/aromatic N) is 2. The summed E-state index contributed by atoms with van der Waals surface area (Å²) >= 11 is 0. The van der Waals surface area contributed by atoms with Crippen molar-refractivity contribution in [3.63, 3.8) is 0 Å². The number of nitrogen functional groups attached to an aromatic ring is 3. The zero-order valence-electron chi connectivity index (χ0n) is 18.8. The molecular formula is C25H29N7O2. The predicted octanol–water partition coefficient (Wildman–Crippen LogP) is 2.15. The van der Waals surface area contributed by atoms with Gasteiger partial charge in [-0.1, -0.05) is 24.3 Å². The molecule has 1 aromatic heterocycles. The van der Waals surface area contributed by atoms with E-state index in [2.05, 4.69) is 10.3 Å². The van der Waals surface area contributed by atoms with Gasteiger partial charge in [0.2, 0.25) is 5.91 Å². The third-order valence-corrected chi connectivity index (χ3v) is 5.94. The van der Waals surface area contributed by atoms with Crippen molar-refractivity contribution in [2.24, 2.45) is 10.7 Å². The van der Waals surface area contributed by atoms with E-state index < -0.39 is 0 Å². The summed E-state index contributed by atoms with van der Waals surface area (Å²) in [5.41, 5.74) is 22.1. The highest BCUT2D eigenvalue weighted by atomic mass is 16.5. The molecule has 9 N–H and O–H groups in total. The molecule has 4 rings (SSSR count). The van der Waals surface area contributed by atoms with Crippen molar-refractivity contribution in [3.8, 4) is 11.1 Å². The monoisotopic (exact) mass is 459 g/mol. The molecule has 1 amide bonds. The van der Waals surface area contributed by atoms with Gasteiger partial charge >= 0.3 is 0 Å². The molecule has 1 heterocycles. The summed E-state index contributed by atoms with van der Waals surface area (Å²) in [7, 11) is 0. The quantitative estimate of drug-likeness (QED) is 0.137. The topological polar surface area (TPSA) is 169 Å². The van der Waals surface area contributed by atoms with Gasteiger partial charge in [-0.25, -0.2) is 0 Å². The third-order valence-electron chi connectivity index (χ3n) is 5.94. The van der Waals surface area contributed by atoms with Gasteiger partial charge in [-0.15, -0.1) is 0 Å². The Morgan fingerprint density at radius 3 is 2.35 bits per heavy atom. The second-order valence-electron chi connectivity index (χ2n) is 8.53. The van der Waals surface area contributed by atoms with Gasteiger partial charge < -0.3 is 27.7 Å². The smallest absolute Gasteiger partial charge is 0.226 e. The summed E-state index contributed by atoms with van der Waals surface area (Å²) in [5.74, 6) is -0.276. The van der Waals surface area contributed by atoms with Crippen LogP contribution in [0.1, 0.15) is 36.1 Å². The van der Waals surface area contributed by atoms with Crippen LogP contribution in [-0.4, -0.2) is 27.7 Å². The first-order chi connectivity index (χ1) is 16.3. The van der Waals surface area contributed by atoms with E-state index in [1.807, 2.05) is 18.2 Å². The molecule has 176 valence electrons. The standard InChI is InChI=1S/C25H29N7O2/c26-18-10-17(11-19(27)12-18)21-8-9-23(31-20-2-1-3-20)32(34)22(21)13-24(33)30-14-15-4-6-16(7-5-15)25(28)29/h4-12,20,34H,1-3,13-14,26-27H2,(H3,28,29)(H,30,33). The van der Waals surface area contributed by atoms with Crippen molar-refractivity contribution in [2.75, 3.05) is 11.5 Å². The number of benzene rings is 2. The van der Waals surface area contributed by atoms with Crippen molar-refractivity contribution in [1.29, 1.82) is 5.41 Å². The minimum atomic E-state index is -0.266. The molecular weight excluding hydrogens is 430 g/mol. The first kappa shape index (κ1) is 22.9. The highest BCUT2D eigenvalue weighted by molar-refractivity contribution is 5.94. The lowest BCUT2D eigenvalue weighted by molar-refractivity contribution is -0.120. The van der Waals surface area contributed by atoms with Crippen molar-refractivity contribution in [3.05, 3.63) is 76.9 Å². The SMILES string of the molecule is N=C(N)c1ccc(CNC(=O)Cc2c(-c3cc(N)cc(N)c3)ccc(=NC3CCC3)n2O)cc1. The maximum Gasteiger partial charge on any atom is 0.226 e. The molecule has 0 atom stereocenters. The highest BCUT2D eigenvalue weighted by Gasteiger charge is 2.19. The Labute approximate surface area is 197 Å². The Balaban J connectivity index is 1.61. The molecule has 2 aromatic carbocycles. The average Bonchev–Trinajstić information content (AvgIpc) is 2.76. The van der Waals surface area contributed by atoms with E-state index in [1.165, 1.54) is 0 Å². The van der Waals surface area contributed by atoms with Gasteiger partial charge in [-0.2, -0.15) is 4.73 Å². The lowest BCUT2D eigenvalue weighted by atomic mass is 9.94. The summed E-state index contributed by atoms with van der Waals surface area (Å²) in [4.78, 5) is 17.5. The Morgan fingerprint density at radius 2 is 1.76 bits per heavy atom. The number of carbonyl (C=O) groups is 1. The molecule has 0 aliphatic heterocycles. The van der Waals surface area contributed by atoms with Crippen molar-refractivity contribution < 1.29 is 10.0 Å². The first-order valence-electron chi connectivity index (χ1n) is 11.1. The Bertz CT molecular complexity index is 1270. The number of aromatic nitrogens is 1. The number of hydrogen-bond donors (Lipinski definition) is 6. The van der Waals surface area contributed by atoms with Crippen molar-refractivity contribution in [1.82, 2.24) is 10.0 Å². The zero-order chi connectivity index (χ0) is 24.2. The number of nitrogens with two attached hydrogens (primary N) is 3. The van der Waals surface area contributed by atoms with Crippen LogP contribution < -0.4 is 28.0 Å². The maximum absolute atomic E-state index is 12.9. The molecule has 1 aliphatic carbocycles. The van der Waals surface area contributed by atoms with Gasteiger partial charge in [0, 0.05) is 29.0 Å². The second-order valence-corrected chi connectivity index (χ2v) is 8.53. The molecule has 1 aliphatic rings. The summed E-state index contributed by atoms with van der Waals surface area (Å²) in [6, 6.07) is 16.0. The Kier molecular flexibility index (Phi) is 6.53. The lowest BCUT2D eigenvalue weighted by Crippen LogP contribution is -2.31. The zero-order valence-corrected chi connectivity index (χ0v) is 18.8. The number of anilines is 2. The van der Waals surface area contributed by atoms with E-state index in [0.29, 0.717) is 45.8 Å². The third kappa shape index (κ3) is 5.20. The number of nitrogens with one attached hydrogen (secondary N) is 2. The van der Waals surface area contributed by atoms with E-state index in [9.17, 15) is 10.0 Å². The summed E-state index contributed by atoms with van der Waals surface area (Å²) in [6.45, 7) is 0.301. The highest BCUT2D eigenvalue weighted by Crippen LogP contribution is 2.28. The Morgan fingerprint density at radius 1 is 1.09 bits per heavy atom. The predicted molar refractivity (Wildman–Crippen MR) is 132 cm³/mol. The van der Waals surface area contributed by atoms with Crippen LogP contribution in [0.3, 0.4) is 0 Å². The minimum absolute atomic E-state index is 0.00926. The lowest BCUT2D eigenvalue weighted by Gasteiger charge is -2.21. The normalized spacial score (nSPS) is 13.9. The maximum atomic E-state index is 12.9. The van der Waals surface area contributed by atoms with Gasteiger partial charge in [0.15, 0.2) is 5.49 Å². The van der Waals surface area contributed by atoms with Crippen molar-refractivity contribution in [2.45, 2.75) is 38.3 Å². The van der Waals surface area contributed by atoms with Gasteiger partial charge in [0.1, 0.15) is 5.84 Å². The molecule has 0 spiro atoms. The van der Waals surface area contributed by atoms with Crippen LogP contribution in [0.5, 0.6) is 0 Å². The molecule has 9 nitrogen and oxygen atoms in total. The summed E-state index contributed by atoms with van der Waals surface area (Å²) < 4.78 is 0.994. The van der Waals surface area contributed by atoms with Gasteiger partial charge in [-0.3, -0.25) is 15.2 Å². The van der Waals surface area contributed by atoms with Crippen LogP contribution in [0.2, 0.25) is 0 Å². The molecule has 0 radical (unpaired) electrons. The van der Waals surface area contributed by atoms with E-state index >= 15 is 0 Å². The molecule has 0 unspecified atom stereocenters. The van der Waals surface area contributed by atoms with Crippen LogP contribution in [0, 0.1) is 5.41 Å². The van der Waals surface area contributed by atoms with Crippen LogP contribution in [0.15, 0.2) is 59.6 Å². The minimum Gasteiger partial charge on any atom is -0.427 e. The molecule has 34 heavy (non-hydrogen) atoms. The Hall–Kier alpha value is -4.27. The number of amidine groups is 1. The summed E-state index contributed by atoms with van der Waals surface area (Å²) in [5, 5.41) is 21.4. The van der Waals surface area contributed by atoms with Gasteiger partial charge in [-0.05, 0) is 60.7 Å². The number of hydrogen-bond acceptors (Lipinski definition) is 6. The first-order valence-corrected chi connectivity index (χ1v) is 11.1. The molecule has 3 aromatic rings. The molecule has 0 saturated heterocycles. The number of rotatable bonds is 7. The summed E-state index contributed by atoms with van der Waals surface area (Å²) in [6.07, 6.45) is 3.04. The van der Waals surface area contributed by atoms with E-state index in [1.54, 1.807) is 36.4 Å². The van der Waals surface area contributed by atoms with Crippen LogP contribution in [0.4, 0.5) is 11.4 Å². The van der Waals surface area contributed by atoms with E-state index in [0.717, 1.165) is 29.6 Å². The number of amides is 1. The molecule has 9 heteroatoms. The number of carbonyl (C=O) groups excluding carboxylic acids is 1. The van der Waals surface area contributed by atoms with Crippen LogP contribution >= 0.6 is 0 Å². The molecule has 1 saturated carbocycles. The fourth-order valence-electron chi connectivity index (χ4n) is 3.86. The van der Waals surface area contributed by atoms with Gasteiger partial charge in [0.25, 0.3) is 0 Å². The molecule has 0 bridgehead atoms. The fraction of sp³-hybridized carbons (Fsp3) is 0.240. The van der Waals surface area contributed by atoms with E-state index in [-0.39, 0.29) is 24.2 Å². The second kappa shape index (κ2) is 9.70. The fourth-order valence-corrected chi connectivity index (χ4v) is 3.86. The van der Waals surface area contributed by atoms with Crippen LogP contribution in [0.25, 0.3) is 11.1 Å². The van der Waals surface area contributed by atoms with Crippen molar-refractivity contribution >= 4 is 23.1 Å². The van der Waals surface area contributed by atoms with Crippen LogP contribution in [-0.2, 0) is 17.8 Å². The average molecular weight is 460 g/mol. The van der Waals surface area contributed by atoms with E-state index in [4.69, 9.17) is 22.6 Å². The molecule has 1 fully saturated rings. The largest absolute Gasteiger partial charge is 0.427 e. The van der Waals surface area contributed by atoms with Gasteiger partial charge in [0.05, 0.1) is 18.2 Å².